The lowest BCUT2D eigenvalue weighted by Crippen LogP contribution is -2.44. The van der Waals surface area contributed by atoms with Gasteiger partial charge in [0.05, 0.1) is 7.11 Å². The quantitative estimate of drug-likeness (QED) is 0.724. The molecule has 0 atom stereocenters. The van der Waals surface area contributed by atoms with E-state index in [-0.39, 0.29) is 17.4 Å². The summed E-state index contributed by atoms with van der Waals surface area (Å²) in [5.74, 6) is 0.703. The van der Waals surface area contributed by atoms with E-state index in [0.717, 1.165) is 25.7 Å². The summed E-state index contributed by atoms with van der Waals surface area (Å²) in [6, 6.07) is 4.43. The summed E-state index contributed by atoms with van der Waals surface area (Å²) < 4.78 is 39.3. The van der Waals surface area contributed by atoms with E-state index in [0.29, 0.717) is 17.3 Å². The highest BCUT2D eigenvalue weighted by Gasteiger charge is 2.40. The van der Waals surface area contributed by atoms with Gasteiger partial charge in [-0.3, -0.25) is 4.79 Å². The first kappa shape index (κ1) is 19.8. The number of carbonyl (C=O) groups excluding carboxylic acids is 1. The zero-order valence-electron chi connectivity index (χ0n) is 15.6. The van der Waals surface area contributed by atoms with E-state index in [1.165, 1.54) is 25.3 Å². The van der Waals surface area contributed by atoms with Gasteiger partial charge in [0.2, 0.25) is 11.8 Å². The summed E-state index contributed by atoms with van der Waals surface area (Å²) in [4.78, 5) is 16.8. The molecule has 1 aliphatic rings. The molecule has 0 radical (unpaired) electrons. The Hall–Kier alpha value is -2.97. The normalized spacial score (nSPS) is 15.9. The second kappa shape index (κ2) is 8.37. The molecule has 7 nitrogen and oxygen atoms in total. The summed E-state index contributed by atoms with van der Waals surface area (Å²) in [6.07, 6.45) is 6.32. The van der Waals surface area contributed by atoms with Crippen molar-refractivity contribution in [2.75, 3.05) is 7.11 Å². The Bertz CT molecular complexity index is 861. The van der Waals surface area contributed by atoms with E-state index in [1.54, 1.807) is 19.1 Å². The summed E-state index contributed by atoms with van der Waals surface area (Å²) in [7, 11) is 1.35. The Morgan fingerprint density at radius 1 is 1.32 bits per heavy atom. The third-order valence-electron chi connectivity index (χ3n) is 4.61. The van der Waals surface area contributed by atoms with Crippen LogP contribution in [0.4, 0.5) is 8.78 Å². The van der Waals surface area contributed by atoms with Crippen LogP contribution in [0.5, 0.6) is 11.5 Å². The van der Waals surface area contributed by atoms with Crippen molar-refractivity contribution in [2.24, 2.45) is 0 Å². The van der Waals surface area contributed by atoms with Gasteiger partial charge in [0.15, 0.2) is 17.3 Å². The predicted molar refractivity (Wildman–Crippen MR) is 96.0 cm³/mol. The highest BCUT2D eigenvalue weighted by molar-refractivity contribution is 5.92. The van der Waals surface area contributed by atoms with E-state index in [1.807, 2.05) is 0 Å². The Balaban J connectivity index is 1.72. The van der Waals surface area contributed by atoms with Gasteiger partial charge < -0.3 is 19.3 Å². The fraction of sp³-hybridized carbons (Fsp3) is 0.421. The molecule has 0 bridgehead atoms. The lowest BCUT2D eigenvalue weighted by molar-refractivity contribution is -0.118. The number of aromatic nitrogens is 2. The number of ether oxygens (including phenoxy) is 2. The van der Waals surface area contributed by atoms with E-state index in [4.69, 9.17) is 9.26 Å². The molecule has 1 fully saturated rings. The molecule has 0 saturated heterocycles. The maximum atomic E-state index is 12.5. The average molecular weight is 393 g/mol. The SMILES string of the molecule is COc1cc(/C=C/C(=O)NC2(c3noc(C)n3)CCCC2)ccc1OC(F)F. The van der Waals surface area contributed by atoms with Crippen molar-refractivity contribution in [3.8, 4) is 11.5 Å². The molecule has 1 saturated carbocycles. The van der Waals surface area contributed by atoms with E-state index < -0.39 is 12.2 Å². The van der Waals surface area contributed by atoms with Crippen molar-refractivity contribution in [1.82, 2.24) is 15.5 Å². The van der Waals surface area contributed by atoms with E-state index >= 15 is 0 Å². The zero-order valence-corrected chi connectivity index (χ0v) is 15.6. The molecule has 1 amide bonds. The van der Waals surface area contributed by atoms with Crippen LogP contribution in [-0.4, -0.2) is 29.8 Å². The largest absolute Gasteiger partial charge is 0.493 e. The van der Waals surface area contributed by atoms with E-state index in [2.05, 4.69) is 20.2 Å². The Kier molecular flexibility index (Phi) is 5.91. The number of rotatable bonds is 7. The minimum absolute atomic E-state index is 0.0727. The number of alkyl halides is 2. The number of carbonyl (C=O) groups is 1. The van der Waals surface area contributed by atoms with Gasteiger partial charge in [-0.15, -0.1) is 0 Å². The molecule has 1 heterocycles. The number of nitrogens with zero attached hydrogens (tertiary/aromatic N) is 2. The first-order valence-electron chi connectivity index (χ1n) is 8.86. The standard InChI is InChI=1S/C19H21F2N3O4/c1-12-22-17(24-28-12)19(9-3-4-10-19)23-16(25)8-6-13-5-7-14(27-18(20)21)15(11-13)26-2/h5-8,11,18H,3-4,9-10H2,1-2H3,(H,23,25)/b8-6+. The smallest absolute Gasteiger partial charge is 0.387 e. The van der Waals surface area contributed by atoms with Crippen LogP contribution in [0.15, 0.2) is 28.8 Å². The fourth-order valence-electron chi connectivity index (χ4n) is 3.31. The van der Waals surface area contributed by atoms with Crippen LogP contribution in [0.25, 0.3) is 6.08 Å². The van der Waals surface area contributed by atoms with Crippen LogP contribution in [0.3, 0.4) is 0 Å². The summed E-state index contributed by atoms with van der Waals surface area (Å²) >= 11 is 0. The number of benzene rings is 1. The van der Waals surface area contributed by atoms with Gasteiger partial charge >= 0.3 is 6.61 Å². The van der Waals surface area contributed by atoms with Gasteiger partial charge in [-0.1, -0.05) is 24.1 Å². The summed E-state index contributed by atoms with van der Waals surface area (Å²) in [5.41, 5.74) is -0.0317. The predicted octanol–water partition coefficient (Wildman–Crippen LogP) is 3.59. The lowest BCUT2D eigenvalue weighted by Gasteiger charge is -2.25. The average Bonchev–Trinajstić information content (AvgIpc) is 3.30. The molecule has 1 aromatic heterocycles. The first-order chi connectivity index (χ1) is 13.4. The van der Waals surface area contributed by atoms with E-state index in [9.17, 15) is 13.6 Å². The molecule has 1 aromatic carbocycles. The number of amides is 1. The molecular weight excluding hydrogens is 372 g/mol. The van der Waals surface area contributed by atoms with Crippen molar-refractivity contribution >= 4 is 12.0 Å². The summed E-state index contributed by atoms with van der Waals surface area (Å²) in [6.45, 7) is -1.24. The molecule has 0 unspecified atom stereocenters. The third kappa shape index (κ3) is 4.47. The van der Waals surface area contributed by atoms with Gasteiger partial charge in [0.25, 0.3) is 0 Å². The van der Waals surface area contributed by atoms with Gasteiger partial charge in [0, 0.05) is 13.0 Å². The van der Waals surface area contributed by atoms with Gasteiger partial charge in [0.1, 0.15) is 5.54 Å². The number of methoxy groups -OCH3 is 1. The molecular formula is C19H21F2N3O4. The van der Waals surface area contributed by atoms with Crippen LogP contribution >= 0.6 is 0 Å². The molecule has 9 heteroatoms. The second-order valence-electron chi connectivity index (χ2n) is 6.54. The minimum atomic E-state index is -2.95. The van der Waals surface area contributed by atoms with Crippen LogP contribution in [0.2, 0.25) is 0 Å². The van der Waals surface area contributed by atoms with Crippen molar-refractivity contribution in [2.45, 2.75) is 44.8 Å². The molecule has 28 heavy (non-hydrogen) atoms. The van der Waals surface area contributed by atoms with Crippen molar-refractivity contribution in [3.63, 3.8) is 0 Å². The Morgan fingerprint density at radius 2 is 2.07 bits per heavy atom. The highest BCUT2D eigenvalue weighted by Crippen LogP contribution is 2.37. The molecule has 0 aliphatic heterocycles. The number of halogens is 2. The molecule has 1 N–H and O–H groups in total. The minimum Gasteiger partial charge on any atom is -0.493 e. The topological polar surface area (TPSA) is 86.5 Å². The highest BCUT2D eigenvalue weighted by atomic mass is 19.3. The monoisotopic (exact) mass is 393 g/mol. The number of hydrogen-bond acceptors (Lipinski definition) is 6. The fourth-order valence-corrected chi connectivity index (χ4v) is 3.31. The summed E-state index contributed by atoms with van der Waals surface area (Å²) in [5, 5.41) is 6.97. The number of nitrogens with one attached hydrogen (secondary N) is 1. The molecule has 3 rings (SSSR count). The van der Waals surface area contributed by atoms with Crippen LogP contribution < -0.4 is 14.8 Å². The second-order valence-corrected chi connectivity index (χ2v) is 6.54. The van der Waals surface area contributed by atoms with Gasteiger partial charge in [-0.2, -0.15) is 13.8 Å². The van der Waals surface area contributed by atoms with Crippen LogP contribution in [-0.2, 0) is 10.3 Å². The van der Waals surface area contributed by atoms with Crippen molar-refractivity contribution < 1.29 is 27.6 Å². The Labute approximate surface area is 160 Å². The van der Waals surface area contributed by atoms with Gasteiger partial charge in [-0.25, -0.2) is 0 Å². The maximum Gasteiger partial charge on any atom is 0.387 e. The van der Waals surface area contributed by atoms with Gasteiger partial charge in [-0.05, 0) is 36.6 Å². The number of aryl methyl sites for hydroxylation is 1. The number of hydrogen-bond donors (Lipinski definition) is 1. The van der Waals surface area contributed by atoms with Crippen LogP contribution in [0, 0.1) is 6.92 Å². The molecule has 1 aliphatic carbocycles. The maximum absolute atomic E-state index is 12.5. The first-order valence-corrected chi connectivity index (χ1v) is 8.86. The molecule has 0 spiro atoms. The van der Waals surface area contributed by atoms with Crippen LogP contribution in [0.1, 0.15) is 43.0 Å². The third-order valence-corrected chi connectivity index (χ3v) is 4.61. The van der Waals surface area contributed by atoms with Crippen molar-refractivity contribution in [1.29, 1.82) is 0 Å². The molecule has 2 aromatic rings. The van der Waals surface area contributed by atoms with Crippen molar-refractivity contribution in [3.05, 3.63) is 41.6 Å². The molecule has 150 valence electrons. The Morgan fingerprint density at radius 3 is 2.68 bits per heavy atom. The lowest BCUT2D eigenvalue weighted by atomic mass is 9.96. The zero-order chi connectivity index (χ0) is 20.1.